The number of halogens is 2. The molecule has 2 rings (SSSR count). The summed E-state index contributed by atoms with van der Waals surface area (Å²) in [7, 11) is 1.62. The average molecular weight is 502 g/mol. The lowest BCUT2D eigenvalue weighted by Gasteiger charge is -2.12. The number of nitro benzene ring substituents is 1. The number of rotatable bonds is 9. The number of benzene rings is 2. The van der Waals surface area contributed by atoms with Crippen molar-refractivity contribution in [1.29, 1.82) is 0 Å². The van der Waals surface area contributed by atoms with Crippen LogP contribution < -0.4 is 10.6 Å². The minimum atomic E-state index is -0.429. The van der Waals surface area contributed by atoms with Gasteiger partial charge in [0.2, 0.25) is 0 Å². The van der Waals surface area contributed by atoms with E-state index in [0.717, 1.165) is 17.5 Å². The minimum absolute atomic E-state index is 0. The minimum Gasteiger partial charge on any atom is -0.383 e. The summed E-state index contributed by atoms with van der Waals surface area (Å²) in [6, 6.07) is 12.7. The predicted octanol–water partition coefficient (Wildman–Crippen LogP) is 3.28. The van der Waals surface area contributed by atoms with Crippen molar-refractivity contribution >= 4 is 35.6 Å². The van der Waals surface area contributed by atoms with Crippen molar-refractivity contribution in [2.24, 2.45) is 4.99 Å². The fraction of sp³-hybridized carbons (Fsp3) is 0.316. The number of nitrogens with one attached hydrogen (secondary N) is 2. The lowest BCUT2D eigenvalue weighted by Crippen LogP contribution is -2.40. The smallest absolute Gasteiger partial charge is 0.269 e. The van der Waals surface area contributed by atoms with Gasteiger partial charge in [-0.1, -0.05) is 24.3 Å². The van der Waals surface area contributed by atoms with Crippen LogP contribution in [0.15, 0.2) is 53.5 Å². The van der Waals surface area contributed by atoms with Crippen LogP contribution in [-0.4, -0.2) is 37.7 Å². The van der Waals surface area contributed by atoms with Crippen molar-refractivity contribution in [3.05, 3.63) is 75.6 Å². The summed E-state index contributed by atoms with van der Waals surface area (Å²) in [5, 5.41) is 17.1. The molecule has 0 saturated carbocycles. The molecule has 0 radical (unpaired) electrons. The maximum absolute atomic E-state index is 12.9. The van der Waals surface area contributed by atoms with E-state index in [-0.39, 0.29) is 35.5 Å². The number of nitro groups is 1. The Kier molecular flexibility index (Phi) is 11.0. The first kappa shape index (κ1) is 23.8. The molecule has 152 valence electrons. The molecular weight excluding hydrogens is 478 g/mol. The largest absolute Gasteiger partial charge is 0.383 e. The van der Waals surface area contributed by atoms with E-state index in [1.807, 2.05) is 0 Å². The van der Waals surface area contributed by atoms with Crippen LogP contribution in [0.4, 0.5) is 10.1 Å². The molecule has 0 bridgehead atoms. The van der Waals surface area contributed by atoms with Crippen LogP contribution in [-0.2, 0) is 17.7 Å². The quantitative estimate of drug-likeness (QED) is 0.137. The van der Waals surface area contributed by atoms with Gasteiger partial charge in [0.25, 0.3) is 5.69 Å². The van der Waals surface area contributed by atoms with Crippen LogP contribution >= 0.6 is 24.0 Å². The van der Waals surface area contributed by atoms with Crippen molar-refractivity contribution in [2.45, 2.75) is 13.0 Å². The van der Waals surface area contributed by atoms with Gasteiger partial charge in [0.15, 0.2) is 5.96 Å². The Morgan fingerprint density at radius 2 is 1.68 bits per heavy atom. The van der Waals surface area contributed by atoms with Crippen LogP contribution in [0.25, 0.3) is 0 Å². The molecule has 0 fully saturated rings. The SMILES string of the molecule is COCCNC(=NCc1ccc([N+](=O)[O-])cc1)NCCc1ccc(F)cc1.I. The summed E-state index contributed by atoms with van der Waals surface area (Å²) < 4.78 is 18.0. The maximum atomic E-state index is 12.9. The lowest BCUT2D eigenvalue weighted by atomic mass is 10.1. The fourth-order valence-electron chi connectivity index (χ4n) is 2.32. The zero-order valence-electron chi connectivity index (χ0n) is 15.6. The first-order valence-corrected chi connectivity index (χ1v) is 8.57. The Labute approximate surface area is 180 Å². The summed E-state index contributed by atoms with van der Waals surface area (Å²) in [5.74, 6) is 0.366. The second-order valence-electron chi connectivity index (χ2n) is 5.81. The summed E-state index contributed by atoms with van der Waals surface area (Å²) in [4.78, 5) is 14.8. The van der Waals surface area contributed by atoms with Gasteiger partial charge in [-0.2, -0.15) is 0 Å². The Balaban J connectivity index is 0.00000392. The molecule has 0 saturated heterocycles. The van der Waals surface area contributed by atoms with E-state index in [9.17, 15) is 14.5 Å². The summed E-state index contributed by atoms with van der Waals surface area (Å²) in [5.41, 5.74) is 1.95. The third-order valence-corrected chi connectivity index (χ3v) is 3.78. The third kappa shape index (κ3) is 8.61. The van der Waals surface area contributed by atoms with Crippen LogP contribution in [0.3, 0.4) is 0 Å². The zero-order valence-corrected chi connectivity index (χ0v) is 17.9. The zero-order chi connectivity index (χ0) is 19.5. The van der Waals surface area contributed by atoms with Gasteiger partial charge >= 0.3 is 0 Å². The van der Waals surface area contributed by atoms with Gasteiger partial charge in [-0.3, -0.25) is 10.1 Å². The van der Waals surface area contributed by atoms with Gasteiger partial charge in [-0.25, -0.2) is 9.38 Å². The standard InChI is InChI=1S/C19H23FN4O3.HI/c1-27-13-12-22-19(21-11-10-15-2-6-17(20)7-3-15)23-14-16-4-8-18(9-5-16)24(25)26;/h2-9H,10-14H2,1H3,(H2,21,22,23);1H. The molecule has 0 unspecified atom stereocenters. The average Bonchev–Trinajstić information content (AvgIpc) is 2.67. The number of aliphatic imine (C=N–C) groups is 1. The van der Waals surface area contributed by atoms with Gasteiger partial charge in [0, 0.05) is 32.3 Å². The molecule has 2 aromatic rings. The second kappa shape index (κ2) is 13.0. The highest BCUT2D eigenvalue weighted by Crippen LogP contribution is 2.12. The lowest BCUT2D eigenvalue weighted by molar-refractivity contribution is -0.384. The highest BCUT2D eigenvalue weighted by Gasteiger charge is 2.04. The van der Waals surface area contributed by atoms with Gasteiger partial charge in [0.05, 0.1) is 18.1 Å². The Hall–Kier alpha value is -2.27. The second-order valence-corrected chi connectivity index (χ2v) is 5.81. The Morgan fingerprint density at radius 1 is 1.07 bits per heavy atom. The molecule has 0 aromatic heterocycles. The monoisotopic (exact) mass is 502 g/mol. The van der Waals surface area contributed by atoms with E-state index in [2.05, 4.69) is 15.6 Å². The number of guanidine groups is 1. The molecule has 0 atom stereocenters. The molecule has 7 nitrogen and oxygen atoms in total. The van der Waals surface area contributed by atoms with Crippen molar-refractivity contribution in [2.75, 3.05) is 26.8 Å². The van der Waals surface area contributed by atoms with Crippen LogP contribution in [0, 0.1) is 15.9 Å². The molecule has 0 spiro atoms. The van der Waals surface area contributed by atoms with Crippen molar-refractivity contribution in [1.82, 2.24) is 10.6 Å². The molecule has 9 heteroatoms. The van der Waals surface area contributed by atoms with Gasteiger partial charge in [-0.15, -0.1) is 24.0 Å². The Morgan fingerprint density at radius 3 is 2.29 bits per heavy atom. The Bertz CT molecular complexity index is 755. The number of hydrogen-bond acceptors (Lipinski definition) is 4. The number of non-ortho nitro benzene ring substituents is 1. The van der Waals surface area contributed by atoms with E-state index < -0.39 is 4.92 Å². The number of hydrogen-bond donors (Lipinski definition) is 2. The van der Waals surface area contributed by atoms with Gasteiger partial charge in [-0.05, 0) is 29.7 Å². The van der Waals surface area contributed by atoms with Gasteiger partial charge in [0.1, 0.15) is 5.82 Å². The third-order valence-electron chi connectivity index (χ3n) is 3.78. The maximum Gasteiger partial charge on any atom is 0.269 e. The van der Waals surface area contributed by atoms with E-state index in [0.29, 0.717) is 32.2 Å². The summed E-state index contributed by atoms with van der Waals surface area (Å²) in [6.07, 6.45) is 0.725. The number of methoxy groups -OCH3 is 1. The molecule has 0 aliphatic rings. The molecule has 0 aliphatic carbocycles. The van der Waals surface area contributed by atoms with Crippen molar-refractivity contribution in [3.63, 3.8) is 0 Å². The first-order chi connectivity index (χ1) is 13.1. The summed E-state index contributed by atoms with van der Waals surface area (Å²) >= 11 is 0. The van der Waals surface area contributed by atoms with E-state index >= 15 is 0 Å². The van der Waals surface area contributed by atoms with E-state index in [4.69, 9.17) is 4.74 Å². The number of nitrogens with zero attached hydrogens (tertiary/aromatic N) is 2. The number of ether oxygens (including phenoxy) is 1. The normalized spacial score (nSPS) is 10.9. The molecular formula is C19H24FIN4O3. The molecule has 2 aromatic carbocycles. The molecule has 2 N–H and O–H groups in total. The van der Waals surface area contributed by atoms with Crippen LogP contribution in [0.1, 0.15) is 11.1 Å². The molecule has 0 amide bonds. The van der Waals surface area contributed by atoms with Crippen molar-refractivity contribution in [3.8, 4) is 0 Å². The highest BCUT2D eigenvalue weighted by molar-refractivity contribution is 14.0. The predicted molar refractivity (Wildman–Crippen MR) is 118 cm³/mol. The fourth-order valence-corrected chi connectivity index (χ4v) is 2.32. The topological polar surface area (TPSA) is 88.8 Å². The molecule has 28 heavy (non-hydrogen) atoms. The van der Waals surface area contributed by atoms with Gasteiger partial charge < -0.3 is 15.4 Å². The van der Waals surface area contributed by atoms with Crippen molar-refractivity contribution < 1.29 is 14.1 Å². The molecule has 0 heterocycles. The van der Waals surface area contributed by atoms with Crippen LogP contribution in [0.5, 0.6) is 0 Å². The van der Waals surface area contributed by atoms with E-state index in [1.54, 1.807) is 31.4 Å². The summed E-state index contributed by atoms with van der Waals surface area (Å²) in [6.45, 7) is 2.15. The van der Waals surface area contributed by atoms with Crippen LogP contribution in [0.2, 0.25) is 0 Å². The molecule has 0 aliphatic heterocycles. The highest BCUT2D eigenvalue weighted by atomic mass is 127. The first-order valence-electron chi connectivity index (χ1n) is 8.57. The van der Waals surface area contributed by atoms with E-state index in [1.165, 1.54) is 24.3 Å².